The fraction of sp³-hybridized carbons (Fsp3) is 0.0952. The number of hydrogen-bond acceptors (Lipinski definition) is 5. The fourth-order valence-corrected chi connectivity index (χ4v) is 3.30. The lowest BCUT2D eigenvalue weighted by atomic mass is 9.95. The minimum Gasteiger partial charge on any atom is -0.507 e. The molecule has 4 rings (SSSR count). The van der Waals surface area contributed by atoms with Crippen LogP contribution in [-0.2, 0) is 16.1 Å². The highest BCUT2D eigenvalue weighted by atomic mass is 19.1. The van der Waals surface area contributed by atoms with Crippen molar-refractivity contribution in [2.45, 2.75) is 12.6 Å². The number of likely N-dealkylation sites (tertiary alicyclic amines) is 1. The average molecular weight is 378 g/mol. The van der Waals surface area contributed by atoms with E-state index in [9.17, 15) is 19.1 Å². The van der Waals surface area contributed by atoms with Crippen molar-refractivity contribution in [2.24, 2.45) is 0 Å². The lowest BCUT2D eigenvalue weighted by Crippen LogP contribution is -2.29. The van der Waals surface area contributed by atoms with Gasteiger partial charge in [0.25, 0.3) is 11.7 Å². The number of aromatic nitrogens is 1. The summed E-state index contributed by atoms with van der Waals surface area (Å²) in [5.41, 5.74) is 0.254. The van der Waals surface area contributed by atoms with Crippen molar-refractivity contribution >= 4 is 17.4 Å². The molecule has 1 aliphatic rings. The number of ketones is 1. The van der Waals surface area contributed by atoms with Gasteiger partial charge in [0.1, 0.15) is 17.3 Å². The Kier molecular flexibility index (Phi) is 4.49. The monoisotopic (exact) mass is 378 g/mol. The molecule has 1 amide bonds. The van der Waals surface area contributed by atoms with Crippen molar-refractivity contribution in [2.75, 3.05) is 0 Å². The molecule has 3 aromatic rings. The van der Waals surface area contributed by atoms with Crippen LogP contribution in [0.2, 0.25) is 0 Å². The number of hydrogen-bond donors (Lipinski definition) is 1. The summed E-state index contributed by atoms with van der Waals surface area (Å²) in [6.45, 7) is -0.0380. The summed E-state index contributed by atoms with van der Waals surface area (Å²) in [4.78, 5) is 30.6. The average Bonchev–Trinajstić information content (AvgIpc) is 3.31. The predicted molar refractivity (Wildman–Crippen MR) is 97.2 cm³/mol. The first kappa shape index (κ1) is 17.7. The zero-order valence-electron chi connectivity index (χ0n) is 14.6. The highest BCUT2D eigenvalue weighted by Gasteiger charge is 2.47. The molecule has 1 N–H and O–H groups in total. The van der Waals surface area contributed by atoms with Gasteiger partial charge in [0.2, 0.25) is 0 Å². The Morgan fingerprint density at radius 1 is 1.11 bits per heavy atom. The Morgan fingerprint density at radius 3 is 2.54 bits per heavy atom. The molecule has 1 atom stereocenters. The third-order valence-electron chi connectivity index (χ3n) is 4.60. The fourth-order valence-electron chi connectivity index (χ4n) is 3.30. The van der Waals surface area contributed by atoms with E-state index >= 15 is 0 Å². The van der Waals surface area contributed by atoms with E-state index in [1.807, 2.05) is 0 Å². The minimum absolute atomic E-state index is 0.0380. The number of amides is 1. The molecule has 1 aromatic carbocycles. The van der Waals surface area contributed by atoms with Crippen molar-refractivity contribution in [3.8, 4) is 0 Å². The van der Waals surface area contributed by atoms with Gasteiger partial charge in [0, 0.05) is 23.5 Å². The summed E-state index contributed by atoms with van der Waals surface area (Å²) in [5.74, 6) is -2.24. The maximum atomic E-state index is 14.6. The van der Waals surface area contributed by atoms with E-state index in [-0.39, 0.29) is 23.4 Å². The lowest BCUT2D eigenvalue weighted by Gasteiger charge is -2.24. The van der Waals surface area contributed by atoms with Gasteiger partial charge in [-0.05, 0) is 30.3 Å². The number of furan rings is 1. The molecular weight excluding hydrogens is 363 g/mol. The largest absolute Gasteiger partial charge is 0.507 e. The van der Waals surface area contributed by atoms with Gasteiger partial charge in [0.15, 0.2) is 0 Å². The quantitative estimate of drug-likeness (QED) is 0.427. The predicted octanol–water partition coefficient (Wildman–Crippen LogP) is 3.44. The van der Waals surface area contributed by atoms with Crippen LogP contribution in [0, 0.1) is 5.82 Å². The molecule has 6 nitrogen and oxygen atoms in total. The molecule has 0 saturated carbocycles. The van der Waals surface area contributed by atoms with Crippen LogP contribution in [0.1, 0.15) is 22.9 Å². The number of halogens is 1. The molecular formula is C21H15FN2O4. The van der Waals surface area contributed by atoms with Crippen LogP contribution in [0.4, 0.5) is 4.39 Å². The number of rotatable bonds is 4. The molecule has 7 heteroatoms. The number of nitrogens with zero attached hydrogens (tertiary/aromatic N) is 2. The summed E-state index contributed by atoms with van der Waals surface area (Å²) in [6, 6.07) is 11.1. The van der Waals surface area contributed by atoms with Gasteiger partial charge < -0.3 is 14.4 Å². The number of carbonyl (C=O) groups is 2. The molecule has 1 unspecified atom stereocenters. The summed E-state index contributed by atoms with van der Waals surface area (Å²) >= 11 is 0. The Hall–Kier alpha value is -3.74. The number of aliphatic hydroxyl groups excluding tert-OH is 1. The van der Waals surface area contributed by atoms with E-state index in [1.165, 1.54) is 53.9 Å². The Morgan fingerprint density at radius 2 is 1.86 bits per heavy atom. The Balaban J connectivity index is 1.90. The first-order chi connectivity index (χ1) is 13.6. The summed E-state index contributed by atoms with van der Waals surface area (Å²) < 4.78 is 19.9. The van der Waals surface area contributed by atoms with Crippen molar-refractivity contribution in [1.29, 1.82) is 0 Å². The molecule has 0 aliphatic carbocycles. The van der Waals surface area contributed by atoms with E-state index in [2.05, 4.69) is 4.98 Å². The second kappa shape index (κ2) is 7.11. The smallest absolute Gasteiger partial charge is 0.296 e. The zero-order valence-corrected chi connectivity index (χ0v) is 14.6. The third kappa shape index (κ3) is 2.96. The molecule has 2 aromatic heterocycles. The van der Waals surface area contributed by atoms with E-state index in [0.717, 1.165) is 0 Å². The van der Waals surface area contributed by atoms with Crippen molar-refractivity contribution in [3.05, 3.63) is 95.5 Å². The SMILES string of the molecule is O=C1C(=O)N(Cc2ccco2)C(c2ccccc2F)/C1=C(/O)c1ccncc1. The second-order valence-electron chi connectivity index (χ2n) is 6.26. The Labute approximate surface area is 159 Å². The molecule has 1 aliphatic heterocycles. The van der Waals surface area contributed by atoms with Crippen LogP contribution in [0.15, 0.2) is 77.2 Å². The summed E-state index contributed by atoms with van der Waals surface area (Å²) in [6.07, 6.45) is 4.35. The lowest BCUT2D eigenvalue weighted by molar-refractivity contribution is -0.140. The van der Waals surface area contributed by atoms with Gasteiger partial charge in [-0.15, -0.1) is 0 Å². The van der Waals surface area contributed by atoms with Crippen LogP contribution in [0.3, 0.4) is 0 Å². The zero-order chi connectivity index (χ0) is 19.7. The first-order valence-electron chi connectivity index (χ1n) is 8.53. The van der Waals surface area contributed by atoms with Crippen molar-refractivity contribution in [1.82, 2.24) is 9.88 Å². The van der Waals surface area contributed by atoms with E-state index in [4.69, 9.17) is 4.42 Å². The van der Waals surface area contributed by atoms with Crippen LogP contribution in [-0.4, -0.2) is 26.7 Å². The molecule has 1 saturated heterocycles. The van der Waals surface area contributed by atoms with E-state index in [0.29, 0.717) is 11.3 Å². The number of benzene rings is 1. The maximum absolute atomic E-state index is 14.6. The number of Topliss-reactive ketones (excluding diaryl/α,β-unsaturated/α-hetero) is 1. The van der Waals surface area contributed by atoms with Crippen LogP contribution in [0.5, 0.6) is 0 Å². The van der Waals surface area contributed by atoms with Gasteiger partial charge in [-0.3, -0.25) is 14.6 Å². The number of aliphatic hydroxyl groups is 1. The van der Waals surface area contributed by atoms with Crippen molar-refractivity contribution in [3.63, 3.8) is 0 Å². The number of pyridine rings is 1. The van der Waals surface area contributed by atoms with E-state index < -0.39 is 23.5 Å². The maximum Gasteiger partial charge on any atom is 0.296 e. The Bertz CT molecular complexity index is 1060. The topological polar surface area (TPSA) is 83.6 Å². The van der Waals surface area contributed by atoms with Gasteiger partial charge in [0.05, 0.1) is 24.4 Å². The van der Waals surface area contributed by atoms with Crippen LogP contribution >= 0.6 is 0 Å². The molecule has 28 heavy (non-hydrogen) atoms. The normalized spacial score (nSPS) is 18.6. The highest BCUT2D eigenvalue weighted by Crippen LogP contribution is 2.41. The van der Waals surface area contributed by atoms with Gasteiger partial charge in [-0.1, -0.05) is 18.2 Å². The molecule has 0 spiro atoms. The van der Waals surface area contributed by atoms with Gasteiger partial charge >= 0.3 is 0 Å². The molecule has 1 fully saturated rings. The van der Waals surface area contributed by atoms with Gasteiger partial charge in [-0.2, -0.15) is 0 Å². The molecule has 140 valence electrons. The minimum atomic E-state index is -1.08. The standard InChI is InChI=1S/C21H15FN2O4/c22-16-6-2-1-5-15(16)18-17(19(25)13-7-9-23-10-8-13)20(26)21(27)24(18)12-14-4-3-11-28-14/h1-11,18,25H,12H2/b19-17-. The van der Waals surface area contributed by atoms with E-state index in [1.54, 1.807) is 18.2 Å². The number of carbonyl (C=O) groups excluding carboxylic acids is 2. The molecule has 0 bridgehead atoms. The van der Waals surface area contributed by atoms with Crippen LogP contribution < -0.4 is 0 Å². The van der Waals surface area contributed by atoms with Crippen LogP contribution in [0.25, 0.3) is 5.76 Å². The van der Waals surface area contributed by atoms with Crippen molar-refractivity contribution < 1.29 is 23.5 Å². The van der Waals surface area contributed by atoms with Gasteiger partial charge in [-0.25, -0.2) is 4.39 Å². The summed E-state index contributed by atoms with van der Waals surface area (Å²) in [7, 11) is 0. The third-order valence-corrected chi connectivity index (χ3v) is 4.60. The second-order valence-corrected chi connectivity index (χ2v) is 6.26. The highest BCUT2D eigenvalue weighted by molar-refractivity contribution is 6.46. The molecule has 3 heterocycles. The first-order valence-corrected chi connectivity index (χ1v) is 8.53. The molecule has 0 radical (unpaired) electrons. The summed E-state index contributed by atoms with van der Waals surface area (Å²) in [5, 5.41) is 10.8.